The summed E-state index contributed by atoms with van der Waals surface area (Å²) < 4.78 is 5.60. The van der Waals surface area contributed by atoms with Crippen LogP contribution in [0.5, 0.6) is 0 Å². The van der Waals surface area contributed by atoms with E-state index in [4.69, 9.17) is 16.0 Å². The molecule has 1 aromatic heterocycles. The Kier molecular flexibility index (Phi) is 3.76. The fraction of sp³-hybridized carbons (Fsp3) is 0.333. The second kappa shape index (κ2) is 5.29. The van der Waals surface area contributed by atoms with Crippen LogP contribution in [-0.2, 0) is 0 Å². The monoisotopic (exact) mass is 251 g/mol. The second-order valence-corrected chi connectivity index (χ2v) is 4.17. The lowest BCUT2D eigenvalue weighted by atomic mass is 10.2. The zero-order chi connectivity index (χ0) is 12.3. The molecule has 0 fully saturated rings. The van der Waals surface area contributed by atoms with Crippen molar-refractivity contribution in [1.82, 2.24) is 15.5 Å². The average molecular weight is 252 g/mol. The first-order valence-corrected chi connectivity index (χ1v) is 5.91. The highest BCUT2D eigenvalue weighted by molar-refractivity contribution is 6.30. The molecule has 4 nitrogen and oxygen atoms in total. The number of halogens is 1. The van der Waals surface area contributed by atoms with Crippen molar-refractivity contribution in [2.75, 3.05) is 6.54 Å². The first-order valence-electron chi connectivity index (χ1n) is 5.53. The molecule has 2 aromatic rings. The van der Waals surface area contributed by atoms with E-state index in [1.165, 1.54) is 0 Å². The molecule has 0 saturated carbocycles. The van der Waals surface area contributed by atoms with Gasteiger partial charge in [0.05, 0.1) is 6.04 Å². The van der Waals surface area contributed by atoms with Gasteiger partial charge in [-0.05, 0) is 31.7 Å². The van der Waals surface area contributed by atoms with Gasteiger partial charge in [-0.1, -0.05) is 24.6 Å². The Labute approximate surface area is 105 Å². The quantitative estimate of drug-likeness (QED) is 0.907. The molecule has 1 aromatic carbocycles. The van der Waals surface area contributed by atoms with Crippen molar-refractivity contribution in [2.24, 2.45) is 0 Å². The third kappa shape index (κ3) is 2.84. The predicted molar refractivity (Wildman–Crippen MR) is 66.8 cm³/mol. The third-order valence-electron chi connectivity index (χ3n) is 2.39. The summed E-state index contributed by atoms with van der Waals surface area (Å²) in [5.74, 6) is 1.08. The van der Waals surface area contributed by atoms with Crippen molar-refractivity contribution in [2.45, 2.75) is 19.9 Å². The van der Waals surface area contributed by atoms with E-state index in [2.05, 4.69) is 15.5 Å². The molecule has 1 unspecified atom stereocenters. The normalized spacial score (nSPS) is 12.6. The van der Waals surface area contributed by atoms with Crippen LogP contribution < -0.4 is 5.32 Å². The first kappa shape index (κ1) is 12.1. The van der Waals surface area contributed by atoms with Gasteiger partial charge < -0.3 is 9.73 Å². The van der Waals surface area contributed by atoms with Gasteiger partial charge in [0.1, 0.15) is 0 Å². The third-order valence-corrected chi connectivity index (χ3v) is 2.63. The summed E-state index contributed by atoms with van der Waals surface area (Å²) in [7, 11) is 0. The minimum absolute atomic E-state index is 0.0560. The molecule has 0 aliphatic carbocycles. The Morgan fingerprint density at radius 1 is 1.41 bits per heavy atom. The second-order valence-electron chi connectivity index (χ2n) is 3.74. The molecule has 1 N–H and O–H groups in total. The van der Waals surface area contributed by atoms with E-state index < -0.39 is 0 Å². The van der Waals surface area contributed by atoms with E-state index in [9.17, 15) is 0 Å². The van der Waals surface area contributed by atoms with Gasteiger partial charge in [0, 0.05) is 10.6 Å². The standard InChI is InChI=1S/C12H14ClN3O/c1-3-14-8(2)11-15-16-12(17-11)9-5-4-6-10(13)7-9/h4-8,14H,3H2,1-2H3. The molecular formula is C12H14ClN3O. The van der Waals surface area contributed by atoms with Gasteiger partial charge >= 0.3 is 0 Å². The van der Waals surface area contributed by atoms with Crippen LogP contribution in [0, 0.1) is 0 Å². The van der Waals surface area contributed by atoms with Crippen molar-refractivity contribution >= 4 is 11.6 Å². The topological polar surface area (TPSA) is 51.0 Å². The zero-order valence-corrected chi connectivity index (χ0v) is 10.5. The molecule has 1 heterocycles. The summed E-state index contributed by atoms with van der Waals surface area (Å²) in [6, 6.07) is 7.41. The predicted octanol–water partition coefficient (Wildman–Crippen LogP) is 3.06. The Morgan fingerprint density at radius 3 is 2.94 bits per heavy atom. The number of nitrogens with one attached hydrogen (secondary N) is 1. The molecule has 2 rings (SSSR count). The van der Waals surface area contributed by atoms with Crippen molar-refractivity contribution in [3.63, 3.8) is 0 Å². The first-order chi connectivity index (χ1) is 8.20. The van der Waals surface area contributed by atoms with Crippen molar-refractivity contribution < 1.29 is 4.42 Å². The highest BCUT2D eigenvalue weighted by Crippen LogP contribution is 2.23. The number of hydrogen-bond acceptors (Lipinski definition) is 4. The van der Waals surface area contributed by atoms with Gasteiger partial charge in [0.2, 0.25) is 11.8 Å². The van der Waals surface area contributed by atoms with Gasteiger partial charge in [0.25, 0.3) is 0 Å². The van der Waals surface area contributed by atoms with Crippen LogP contribution in [0.15, 0.2) is 28.7 Å². The van der Waals surface area contributed by atoms with Gasteiger partial charge in [-0.15, -0.1) is 10.2 Å². The van der Waals surface area contributed by atoms with Crippen LogP contribution in [-0.4, -0.2) is 16.7 Å². The number of rotatable bonds is 4. The van der Waals surface area contributed by atoms with E-state index in [-0.39, 0.29) is 6.04 Å². The van der Waals surface area contributed by atoms with Gasteiger partial charge in [-0.3, -0.25) is 0 Å². The molecule has 5 heteroatoms. The van der Waals surface area contributed by atoms with Crippen molar-refractivity contribution in [1.29, 1.82) is 0 Å². The molecule has 0 radical (unpaired) electrons. The van der Waals surface area contributed by atoms with Gasteiger partial charge in [0.15, 0.2) is 0 Å². The minimum atomic E-state index is 0.0560. The summed E-state index contributed by atoms with van der Waals surface area (Å²) in [4.78, 5) is 0. The summed E-state index contributed by atoms with van der Waals surface area (Å²) in [6.45, 7) is 4.87. The maximum absolute atomic E-state index is 5.91. The Bertz CT molecular complexity index is 498. The molecule has 0 saturated heterocycles. The van der Waals surface area contributed by atoms with Gasteiger partial charge in [-0.2, -0.15) is 0 Å². The number of benzene rings is 1. The molecule has 0 aliphatic rings. The summed E-state index contributed by atoms with van der Waals surface area (Å²) in [6.07, 6.45) is 0. The fourth-order valence-electron chi connectivity index (χ4n) is 1.54. The highest BCUT2D eigenvalue weighted by Gasteiger charge is 2.13. The molecular weight excluding hydrogens is 238 g/mol. The Balaban J connectivity index is 2.23. The van der Waals surface area contributed by atoms with E-state index in [1.54, 1.807) is 6.07 Å². The molecule has 90 valence electrons. The van der Waals surface area contributed by atoms with Gasteiger partial charge in [-0.25, -0.2) is 0 Å². The van der Waals surface area contributed by atoms with Crippen molar-refractivity contribution in [3.8, 4) is 11.5 Å². The maximum Gasteiger partial charge on any atom is 0.247 e. The summed E-state index contributed by atoms with van der Waals surface area (Å²) in [5.41, 5.74) is 0.833. The van der Waals surface area contributed by atoms with Crippen LogP contribution >= 0.6 is 11.6 Å². The number of hydrogen-bond donors (Lipinski definition) is 1. The van der Waals surface area contributed by atoms with E-state index >= 15 is 0 Å². The lowest BCUT2D eigenvalue weighted by Gasteiger charge is -2.05. The van der Waals surface area contributed by atoms with Crippen LogP contribution in [0.25, 0.3) is 11.5 Å². The molecule has 0 aliphatic heterocycles. The summed E-state index contributed by atoms with van der Waals surface area (Å²) in [5, 5.41) is 11.9. The Morgan fingerprint density at radius 2 is 2.24 bits per heavy atom. The van der Waals surface area contributed by atoms with E-state index in [0.717, 1.165) is 12.1 Å². The average Bonchev–Trinajstić information content (AvgIpc) is 2.78. The molecule has 0 bridgehead atoms. The number of aromatic nitrogens is 2. The van der Waals surface area contributed by atoms with E-state index in [1.807, 2.05) is 32.0 Å². The Hall–Kier alpha value is -1.39. The lowest BCUT2D eigenvalue weighted by molar-refractivity contribution is 0.429. The smallest absolute Gasteiger partial charge is 0.247 e. The van der Waals surface area contributed by atoms with E-state index in [0.29, 0.717) is 16.8 Å². The van der Waals surface area contributed by atoms with Crippen molar-refractivity contribution in [3.05, 3.63) is 35.2 Å². The fourth-order valence-corrected chi connectivity index (χ4v) is 1.73. The largest absolute Gasteiger partial charge is 0.419 e. The molecule has 0 amide bonds. The zero-order valence-electron chi connectivity index (χ0n) is 9.77. The van der Waals surface area contributed by atoms with Crippen LogP contribution in [0.4, 0.5) is 0 Å². The van der Waals surface area contributed by atoms with Crippen LogP contribution in [0.2, 0.25) is 5.02 Å². The minimum Gasteiger partial charge on any atom is -0.419 e. The SMILES string of the molecule is CCNC(C)c1nnc(-c2cccc(Cl)c2)o1. The summed E-state index contributed by atoms with van der Waals surface area (Å²) >= 11 is 5.91. The van der Waals surface area contributed by atoms with Crippen LogP contribution in [0.3, 0.4) is 0 Å². The molecule has 1 atom stereocenters. The van der Waals surface area contributed by atoms with Crippen LogP contribution in [0.1, 0.15) is 25.8 Å². The molecule has 0 spiro atoms. The maximum atomic E-state index is 5.91. The lowest BCUT2D eigenvalue weighted by Crippen LogP contribution is -2.17. The highest BCUT2D eigenvalue weighted by atomic mass is 35.5. The number of nitrogens with zero attached hydrogens (tertiary/aromatic N) is 2. The molecule has 17 heavy (non-hydrogen) atoms.